The molecule has 0 aromatic heterocycles. The third-order valence-electron chi connectivity index (χ3n) is 3.81. The molecule has 0 aliphatic heterocycles. The molecule has 4 heteroatoms. The average molecular weight is 313 g/mol. The third-order valence-corrected chi connectivity index (χ3v) is 3.81. The predicted molar refractivity (Wildman–Crippen MR) is 93.6 cm³/mol. The second kappa shape index (κ2) is 9.68. The van der Waals surface area contributed by atoms with Crippen molar-refractivity contribution in [3.8, 4) is 6.07 Å². The Labute approximate surface area is 139 Å². The Morgan fingerprint density at radius 2 is 2.00 bits per heavy atom. The molecule has 0 saturated heterocycles. The number of nitriles is 1. The number of nitrogens with zero attached hydrogens (tertiary/aromatic N) is 2. The number of unbranched alkanes of at least 4 members (excludes halogenated alkanes) is 1. The van der Waals surface area contributed by atoms with Crippen LogP contribution in [0.25, 0.3) is 0 Å². The van der Waals surface area contributed by atoms with Gasteiger partial charge in [0.1, 0.15) is 11.6 Å². The molecule has 1 rings (SSSR count). The molecule has 0 spiro atoms. The van der Waals surface area contributed by atoms with Crippen LogP contribution in [0.2, 0.25) is 0 Å². The van der Waals surface area contributed by atoms with E-state index in [2.05, 4.69) is 31.3 Å². The number of aryl methyl sites for hydroxylation is 1. The summed E-state index contributed by atoms with van der Waals surface area (Å²) >= 11 is 0. The number of amides is 1. The van der Waals surface area contributed by atoms with Crippen molar-refractivity contribution in [1.29, 1.82) is 5.26 Å². The molecule has 1 unspecified atom stereocenters. The molecule has 0 fully saturated rings. The minimum atomic E-state index is -0.331. The number of hydrogen-bond acceptors (Lipinski definition) is 3. The van der Waals surface area contributed by atoms with Crippen molar-refractivity contribution < 1.29 is 4.79 Å². The predicted octanol–water partition coefficient (Wildman–Crippen LogP) is 3.57. The summed E-state index contributed by atoms with van der Waals surface area (Å²) in [5, 5.41) is 12.1. The van der Waals surface area contributed by atoms with E-state index < -0.39 is 0 Å². The Hall–Kier alpha value is -2.28. The van der Waals surface area contributed by atoms with Crippen LogP contribution in [0.4, 0.5) is 0 Å². The van der Waals surface area contributed by atoms with Crippen LogP contribution < -0.4 is 5.32 Å². The SMILES string of the molecule is CCCCN(C)/C=C(/C#N)C(=O)NC(C)c1ccc(CC)cc1. The van der Waals surface area contributed by atoms with Crippen LogP contribution in [0.15, 0.2) is 36.0 Å². The molecule has 0 saturated carbocycles. The van der Waals surface area contributed by atoms with Crippen molar-refractivity contribution in [2.24, 2.45) is 0 Å². The third kappa shape index (κ3) is 6.15. The highest BCUT2D eigenvalue weighted by Gasteiger charge is 2.14. The number of carbonyl (C=O) groups excluding carboxylic acids is 1. The zero-order chi connectivity index (χ0) is 17.2. The highest BCUT2D eigenvalue weighted by molar-refractivity contribution is 5.97. The fourth-order valence-electron chi connectivity index (χ4n) is 2.23. The Morgan fingerprint density at radius 3 is 2.52 bits per heavy atom. The molecule has 0 heterocycles. The molecular formula is C19H27N3O. The minimum Gasteiger partial charge on any atom is -0.379 e. The van der Waals surface area contributed by atoms with Crippen molar-refractivity contribution in [3.05, 3.63) is 47.2 Å². The normalized spacial score (nSPS) is 12.4. The second-order valence-electron chi connectivity index (χ2n) is 5.78. The summed E-state index contributed by atoms with van der Waals surface area (Å²) in [7, 11) is 1.88. The Kier molecular flexibility index (Phi) is 7.90. The molecule has 23 heavy (non-hydrogen) atoms. The first-order chi connectivity index (χ1) is 11.0. The van der Waals surface area contributed by atoms with Crippen molar-refractivity contribution in [3.63, 3.8) is 0 Å². The van der Waals surface area contributed by atoms with Crippen molar-refractivity contribution in [2.75, 3.05) is 13.6 Å². The lowest BCUT2D eigenvalue weighted by atomic mass is 10.0. The van der Waals surface area contributed by atoms with Crippen molar-refractivity contribution in [2.45, 2.75) is 46.1 Å². The molecule has 1 aromatic carbocycles. The highest BCUT2D eigenvalue weighted by atomic mass is 16.1. The van der Waals surface area contributed by atoms with Gasteiger partial charge in [-0.2, -0.15) is 5.26 Å². The average Bonchev–Trinajstić information content (AvgIpc) is 2.57. The van der Waals surface area contributed by atoms with Gasteiger partial charge in [-0.05, 0) is 30.9 Å². The van der Waals surface area contributed by atoms with Crippen LogP contribution in [0.3, 0.4) is 0 Å². The van der Waals surface area contributed by atoms with Gasteiger partial charge in [-0.25, -0.2) is 0 Å². The highest BCUT2D eigenvalue weighted by Crippen LogP contribution is 2.14. The van der Waals surface area contributed by atoms with E-state index in [0.717, 1.165) is 31.4 Å². The van der Waals surface area contributed by atoms with E-state index in [1.807, 2.05) is 37.1 Å². The van der Waals surface area contributed by atoms with Gasteiger partial charge in [-0.15, -0.1) is 0 Å². The maximum atomic E-state index is 12.3. The van der Waals surface area contributed by atoms with Gasteiger partial charge < -0.3 is 10.2 Å². The van der Waals surface area contributed by atoms with Gasteiger partial charge in [0.05, 0.1) is 6.04 Å². The Bertz CT molecular complexity index is 569. The van der Waals surface area contributed by atoms with Gasteiger partial charge in [-0.1, -0.05) is 44.5 Å². The molecule has 1 aromatic rings. The molecular weight excluding hydrogens is 286 g/mol. The molecule has 0 aliphatic rings. The Balaban J connectivity index is 2.71. The molecule has 124 valence electrons. The molecule has 4 nitrogen and oxygen atoms in total. The second-order valence-corrected chi connectivity index (χ2v) is 5.78. The number of carbonyl (C=O) groups is 1. The van der Waals surface area contributed by atoms with Crippen LogP contribution in [0, 0.1) is 11.3 Å². The summed E-state index contributed by atoms with van der Waals surface area (Å²) in [5.74, 6) is -0.331. The monoisotopic (exact) mass is 313 g/mol. The Morgan fingerprint density at radius 1 is 1.35 bits per heavy atom. The molecule has 0 radical (unpaired) electrons. The van der Waals surface area contributed by atoms with Crippen molar-refractivity contribution >= 4 is 5.91 Å². The van der Waals surface area contributed by atoms with Crippen LogP contribution >= 0.6 is 0 Å². The topological polar surface area (TPSA) is 56.1 Å². The maximum Gasteiger partial charge on any atom is 0.263 e. The summed E-state index contributed by atoms with van der Waals surface area (Å²) in [6.45, 7) is 6.98. The van der Waals surface area contributed by atoms with E-state index in [9.17, 15) is 10.1 Å². The molecule has 1 amide bonds. The number of benzene rings is 1. The standard InChI is InChI=1S/C19H27N3O/c1-5-7-12-22(4)14-18(13-20)19(23)21-15(3)17-10-8-16(6-2)9-11-17/h8-11,14-15H,5-7,12H2,1-4H3,(H,21,23)/b18-14-. The van der Waals surface area contributed by atoms with Gasteiger partial charge >= 0.3 is 0 Å². The zero-order valence-corrected chi connectivity index (χ0v) is 14.6. The quantitative estimate of drug-likeness (QED) is 0.589. The van der Waals surface area contributed by atoms with Crippen LogP contribution in [0.5, 0.6) is 0 Å². The van der Waals surface area contributed by atoms with Gasteiger partial charge in [0.15, 0.2) is 0 Å². The number of nitrogens with one attached hydrogen (secondary N) is 1. The molecule has 1 atom stereocenters. The first-order valence-electron chi connectivity index (χ1n) is 8.23. The molecule has 0 aliphatic carbocycles. The smallest absolute Gasteiger partial charge is 0.263 e. The maximum absolute atomic E-state index is 12.3. The lowest BCUT2D eigenvalue weighted by Crippen LogP contribution is -2.28. The van der Waals surface area contributed by atoms with Crippen molar-refractivity contribution in [1.82, 2.24) is 10.2 Å². The summed E-state index contributed by atoms with van der Waals surface area (Å²) in [6, 6.07) is 10.0. The minimum absolute atomic E-state index is 0.133. The zero-order valence-electron chi connectivity index (χ0n) is 14.6. The van der Waals surface area contributed by atoms with E-state index in [4.69, 9.17) is 0 Å². The number of rotatable bonds is 8. The summed E-state index contributed by atoms with van der Waals surface area (Å²) < 4.78 is 0. The molecule has 0 bridgehead atoms. The van der Waals surface area contributed by atoms with E-state index >= 15 is 0 Å². The van der Waals surface area contributed by atoms with E-state index in [1.165, 1.54) is 5.56 Å². The van der Waals surface area contributed by atoms with Gasteiger partial charge in [0.2, 0.25) is 0 Å². The fraction of sp³-hybridized carbons (Fsp3) is 0.474. The summed E-state index contributed by atoms with van der Waals surface area (Å²) in [4.78, 5) is 14.2. The largest absolute Gasteiger partial charge is 0.379 e. The first kappa shape index (κ1) is 18.8. The van der Waals surface area contributed by atoms with Crippen LogP contribution in [-0.4, -0.2) is 24.4 Å². The summed E-state index contributed by atoms with van der Waals surface area (Å²) in [6.07, 6.45) is 4.73. The first-order valence-corrected chi connectivity index (χ1v) is 8.23. The van der Waals surface area contributed by atoms with Crippen LogP contribution in [-0.2, 0) is 11.2 Å². The van der Waals surface area contributed by atoms with Crippen LogP contribution in [0.1, 0.15) is 50.8 Å². The lowest BCUT2D eigenvalue weighted by molar-refractivity contribution is -0.117. The summed E-state index contributed by atoms with van der Waals surface area (Å²) in [5.41, 5.74) is 2.44. The fourth-order valence-corrected chi connectivity index (χ4v) is 2.23. The van der Waals surface area contributed by atoms with E-state index in [-0.39, 0.29) is 17.5 Å². The van der Waals surface area contributed by atoms with Gasteiger partial charge in [0, 0.05) is 19.8 Å². The van der Waals surface area contributed by atoms with E-state index in [1.54, 1.807) is 6.20 Å². The number of hydrogen-bond donors (Lipinski definition) is 1. The van der Waals surface area contributed by atoms with Gasteiger partial charge in [-0.3, -0.25) is 4.79 Å². The lowest BCUT2D eigenvalue weighted by Gasteiger charge is -2.16. The molecule has 1 N–H and O–H groups in total. The van der Waals surface area contributed by atoms with Gasteiger partial charge in [0.25, 0.3) is 5.91 Å². The van der Waals surface area contributed by atoms with E-state index in [0.29, 0.717) is 0 Å².